The van der Waals surface area contributed by atoms with Crippen LogP contribution in [0.4, 0.5) is 20.4 Å². The highest BCUT2D eigenvalue weighted by atomic mass is 19.3. The zero-order chi connectivity index (χ0) is 27.1. The molecule has 8 nitrogen and oxygen atoms in total. The van der Waals surface area contributed by atoms with Gasteiger partial charge < -0.3 is 10.6 Å². The van der Waals surface area contributed by atoms with Crippen LogP contribution in [0, 0.1) is 5.92 Å². The van der Waals surface area contributed by atoms with Gasteiger partial charge in [0.15, 0.2) is 0 Å². The van der Waals surface area contributed by atoms with Gasteiger partial charge in [-0.05, 0) is 57.1 Å². The van der Waals surface area contributed by atoms with Crippen molar-refractivity contribution < 1.29 is 8.78 Å². The molecule has 0 spiro atoms. The summed E-state index contributed by atoms with van der Waals surface area (Å²) in [5.41, 5.74) is 8.36. The van der Waals surface area contributed by atoms with Gasteiger partial charge in [0.25, 0.3) is 5.92 Å². The molecule has 3 unspecified atom stereocenters. The lowest BCUT2D eigenvalue weighted by Crippen LogP contribution is -2.48. The average molecular weight is 543 g/mol. The Balaban J connectivity index is 1.23. The van der Waals surface area contributed by atoms with Crippen LogP contribution in [0.15, 0.2) is 18.2 Å². The molecular weight excluding hydrogens is 498 g/mol. The SMILES string of the molecule is CC(C)CN1[C@@H]2CC[C@H]1CC(Nc1nc(NC3CC(C)NN3)cc3nc(CN4CCC(F)(F)CC4)ccc13)C2. The molecule has 0 radical (unpaired) electrons. The normalized spacial score (nSPS) is 31.3. The molecule has 0 aliphatic carbocycles. The van der Waals surface area contributed by atoms with E-state index in [0.717, 1.165) is 47.5 Å². The van der Waals surface area contributed by atoms with Crippen molar-refractivity contribution >= 4 is 22.5 Å². The number of likely N-dealkylation sites (tertiary alicyclic amines) is 1. The van der Waals surface area contributed by atoms with E-state index in [1.54, 1.807) is 0 Å². The molecule has 0 saturated carbocycles. The molecule has 214 valence electrons. The minimum Gasteiger partial charge on any atom is -0.367 e. The number of anilines is 2. The molecule has 4 aliphatic rings. The fraction of sp³-hybridized carbons (Fsp3) is 0.724. The molecule has 4 saturated heterocycles. The molecule has 10 heteroatoms. The minimum atomic E-state index is -2.54. The monoisotopic (exact) mass is 542 g/mol. The lowest BCUT2D eigenvalue weighted by atomic mass is 9.96. The van der Waals surface area contributed by atoms with E-state index >= 15 is 0 Å². The van der Waals surface area contributed by atoms with Crippen molar-refractivity contribution in [2.24, 2.45) is 5.92 Å². The van der Waals surface area contributed by atoms with E-state index in [9.17, 15) is 8.78 Å². The Morgan fingerprint density at radius 1 is 1.03 bits per heavy atom. The summed E-state index contributed by atoms with van der Waals surface area (Å²) in [6.45, 7) is 9.36. The highest BCUT2D eigenvalue weighted by Crippen LogP contribution is 2.38. The Kier molecular flexibility index (Phi) is 7.65. The average Bonchev–Trinajstić information content (AvgIpc) is 3.37. The van der Waals surface area contributed by atoms with E-state index in [2.05, 4.69) is 58.1 Å². The van der Waals surface area contributed by atoms with Crippen LogP contribution in [0.1, 0.15) is 71.4 Å². The molecule has 4 N–H and O–H groups in total. The standard InChI is InChI=1S/C29H44F2N8/c1-18(2)16-39-22-5-6-23(39)14-21(13-22)33-28-24-7-4-20(17-38-10-8-29(30,31)9-11-38)32-25(24)15-26(35-28)34-27-12-19(3)36-37-27/h4,7,15,18-19,21-23,27,36-37H,5-6,8-14,16-17H2,1-3H3,(H2,33,34,35)/t19?,21?,22-,23+,27?. The predicted molar refractivity (Wildman–Crippen MR) is 152 cm³/mol. The first-order valence-electron chi connectivity index (χ1n) is 14.9. The number of nitrogens with one attached hydrogen (secondary N) is 4. The van der Waals surface area contributed by atoms with Gasteiger partial charge in [-0.1, -0.05) is 13.8 Å². The Bertz CT molecular complexity index is 1140. The van der Waals surface area contributed by atoms with Gasteiger partial charge in [-0.3, -0.25) is 20.2 Å². The molecular formula is C29H44F2N8. The van der Waals surface area contributed by atoms with E-state index in [1.807, 2.05) is 12.1 Å². The van der Waals surface area contributed by atoms with Crippen LogP contribution in [0.5, 0.6) is 0 Å². The molecule has 2 bridgehead atoms. The van der Waals surface area contributed by atoms with Crippen LogP contribution in [0.25, 0.3) is 10.9 Å². The number of rotatable bonds is 8. The number of halogens is 2. The van der Waals surface area contributed by atoms with Gasteiger partial charge in [-0.2, -0.15) is 0 Å². The summed E-state index contributed by atoms with van der Waals surface area (Å²) in [6, 6.07) is 8.23. The van der Waals surface area contributed by atoms with E-state index in [-0.39, 0.29) is 19.0 Å². The van der Waals surface area contributed by atoms with E-state index in [4.69, 9.17) is 9.97 Å². The maximum atomic E-state index is 13.7. The molecule has 4 aliphatic heterocycles. The number of aromatic nitrogens is 2. The van der Waals surface area contributed by atoms with Crippen molar-refractivity contribution in [2.75, 3.05) is 30.3 Å². The molecule has 6 heterocycles. The Morgan fingerprint density at radius 3 is 2.44 bits per heavy atom. The first-order valence-corrected chi connectivity index (χ1v) is 14.9. The van der Waals surface area contributed by atoms with Crippen LogP contribution in [-0.4, -0.2) is 75.7 Å². The van der Waals surface area contributed by atoms with Gasteiger partial charge in [-0.15, -0.1) is 0 Å². The van der Waals surface area contributed by atoms with Crippen molar-refractivity contribution in [2.45, 2.75) is 109 Å². The van der Waals surface area contributed by atoms with Crippen LogP contribution in [0.3, 0.4) is 0 Å². The first kappa shape index (κ1) is 27.1. The predicted octanol–water partition coefficient (Wildman–Crippen LogP) is 4.55. The van der Waals surface area contributed by atoms with Crippen molar-refractivity contribution in [3.05, 3.63) is 23.9 Å². The fourth-order valence-electron chi connectivity index (χ4n) is 7.00. The number of hydrogen-bond acceptors (Lipinski definition) is 8. The van der Waals surface area contributed by atoms with Gasteiger partial charge in [0.05, 0.1) is 17.4 Å². The molecule has 4 fully saturated rings. The fourth-order valence-corrected chi connectivity index (χ4v) is 7.00. The number of fused-ring (bicyclic) bond motifs is 3. The van der Waals surface area contributed by atoms with Crippen molar-refractivity contribution in [3.63, 3.8) is 0 Å². The first-order chi connectivity index (χ1) is 18.7. The zero-order valence-electron chi connectivity index (χ0n) is 23.5. The van der Waals surface area contributed by atoms with Gasteiger partial charge in [0.1, 0.15) is 11.6 Å². The maximum absolute atomic E-state index is 13.7. The molecule has 39 heavy (non-hydrogen) atoms. The summed E-state index contributed by atoms with van der Waals surface area (Å²) in [7, 11) is 0. The lowest BCUT2D eigenvalue weighted by molar-refractivity contribution is -0.0568. The molecule has 6 rings (SSSR count). The van der Waals surface area contributed by atoms with Gasteiger partial charge in [0, 0.05) is 74.6 Å². The summed E-state index contributed by atoms with van der Waals surface area (Å²) < 4.78 is 27.3. The Morgan fingerprint density at radius 2 is 1.77 bits per heavy atom. The molecule has 5 atom stereocenters. The largest absolute Gasteiger partial charge is 0.367 e. The number of alkyl halides is 2. The van der Waals surface area contributed by atoms with Gasteiger partial charge in [0.2, 0.25) is 0 Å². The minimum absolute atomic E-state index is 0.0779. The topological polar surface area (TPSA) is 80.4 Å². The van der Waals surface area contributed by atoms with Crippen LogP contribution in [-0.2, 0) is 6.54 Å². The van der Waals surface area contributed by atoms with Crippen molar-refractivity contribution in [3.8, 4) is 0 Å². The summed E-state index contributed by atoms with van der Waals surface area (Å²) in [6.07, 6.45) is 5.74. The molecule has 0 amide bonds. The third kappa shape index (κ3) is 6.29. The van der Waals surface area contributed by atoms with Crippen LogP contribution >= 0.6 is 0 Å². The van der Waals surface area contributed by atoms with Crippen molar-refractivity contribution in [1.29, 1.82) is 0 Å². The summed E-state index contributed by atoms with van der Waals surface area (Å²) >= 11 is 0. The van der Waals surface area contributed by atoms with Crippen LogP contribution in [0.2, 0.25) is 0 Å². The maximum Gasteiger partial charge on any atom is 0.250 e. The molecule has 2 aromatic rings. The highest BCUT2D eigenvalue weighted by molar-refractivity contribution is 5.91. The number of hydrazine groups is 1. The number of hydrogen-bond donors (Lipinski definition) is 4. The van der Waals surface area contributed by atoms with E-state index in [0.29, 0.717) is 49.7 Å². The van der Waals surface area contributed by atoms with Crippen molar-refractivity contribution in [1.82, 2.24) is 30.6 Å². The summed E-state index contributed by atoms with van der Waals surface area (Å²) in [5, 5.41) is 8.39. The second kappa shape index (κ2) is 11.0. The zero-order valence-corrected chi connectivity index (χ0v) is 23.5. The van der Waals surface area contributed by atoms with E-state index < -0.39 is 5.92 Å². The number of piperidine rings is 2. The quantitative estimate of drug-likeness (QED) is 0.387. The number of pyridine rings is 2. The second-order valence-electron chi connectivity index (χ2n) is 12.8. The lowest BCUT2D eigenvalue weighted by Gasteiger charge is -2.40. The summed E-state index contributed by atoms with van der Waals surface area (Å²) in [5.74, 6) is -0.173. The van der Waals surface area contributed by atoms with Gasteiger partial charge >= 0.3 is 0 Å². The Hall–Kier alpha value is -2.14. The van der Waals surface area contributed by atoms with E-state index in [1.165, 1.54) is 19.4 Å². The smallest absolute Gasteiger partial charge is 0.250 e. The highest BCUT2D eigenvalue weighted by Gasteiger charge is 2.41. The van der Waals surface area contributed by atoms with Crippen LogP contribution < -0.4 is 21.5 Å². The third-order valence-electron chi connectivity index (χ3n) is 8.93. The van der Waals surface area contributed by atoms with Gasteiger partial charge in [-0.25, -0.2) is 19.2 Å². The third-order valence-corrected chi connectivity index (χ3v) is 8.93. The summed E-state index contributed by atoms with van der Waals surface area (Å²) in [4.78, 5) is 14.9. The Labute approximate surface area is 230 Å². The number of nitrogens with zero attached hydrogens (tertiary/aromatic N) is 4. The second-order valence-corrected chi connectivity index (χ2v) is 12.8. The molecule has 0 aromatic carbocycles. The molecule has 2 aromatic heterocycles.